The van der Waals surface area contributed by atoms with Crippen LogP contribution < -0.4 is 10.2 Å². The first-order chi connectivity index (χ1) is 16.5. The Bertz CT molecular complexity index is 1170. The highest BCUT2D eigenvalue weighted by atomic mass is 16.5. The Morgan fingerprint density at radius 2 is 2.21 bits per heavy atom. The maximum Gasteiger partial charge on any atom is 0.255 e. The number of nitrogens with one attached hydrogen (secondary N) is 2. The minimum Gasteiger partial charge on any atom is -0.379 e. The number of ether oxygens (including phenoxy) is 1. The van der Waals surface area contributed by atoms with Crippen molar-refractivity contribution in [2.75, 3.05) is 31.2 Å². The Labute approximate surface area is 199 Å². The van der Waals surface area contributed by atoms with Gasteiger partial charge in [0.25, 0.3) is 5.91 Å². The Morgan fingerprint density at radius 1 is 1.32 bits per heavy atom. The second-order valence-electron chi connectivity index (χ2n) is 9.41. The van der Waals surface area contributed by atoms with E-state index in [1.165, 1.54) is 5.56 Å². The number of aromatic amines is 1. The number of amides is 1. The number of anilines is 1. The summed E-state index contributed by atoms with van der Waals surface area (Å²) in [5.41, 5.74) is 5.89. The standard InChI is InChI=1S/C25H33N7O2/c1-4-18-12-31(9-10-34-15-18)23-8-5-19(16(2)27-23)13-32-14-20(11-26-32)25(33)28-22-7-6-21-17(3)29-30-24(21)22/h5,8,11,14,18,22H,4,6-7,9-10,12-13,15H2,1-3H3,(H,28,33)(H,29,30)/t18?,22-/m1/s1. The van der Waals surface area contributed by atoms with Crippen molar-refractivity contribution >= 4 is 11.7 Å². The van der Waals surface area contributed by atoms with Gasteiger partial charge < -0.3 is 15.0 Å². The van der Waals surface area contributed by atoms with Crippen LogP contribution in [0.1, 0.15) is 64.4 Å². The molecular weight excluding hydrogens is 430 g/mol. The van der Waals surface area contributed by atoms with E-state index in [0.717, 1.165) is 74.0 Å². The van der Waals surface area contributed by atoms with E-state index >= 15 is 0 Å². The third-order valence-electron chi connectivity index (χ3n) is 7.07. The third kappa shape index (κ3) is 4.57. The third-order valence-corrected chi connectivity index (χ3v) is 7.07. The fourth-order valence-electron chi connectivity index (χ4n) is 4.88. The Morgan fingerprint density at radius 3 is 3.03 bits per heavy atom. The zero-order valence-corrected chi connectivity index (χ0v) is 20.2. The highest BCUT2D eigenvalue weighted by Crippen LogP contribution is 2.31. The summed E-state index contributed by atoms with van der Waals surface area (Å²) in [5.74, 6) is 1.41. The summed E-state index contributed by atoms with van der Waals surface area (Å²) in [5, 5.41) is 14.9. The molecule has 5 rings (SSSR count). The lowest BCUT2D eigenvalue weighted by atomic mass is 10.1. The van der Waals surface area contributed by atoms with Crippen molar-refractivity contribution in [1.82, 2.24) is 30.3 Å². The molecule has 3 aromatic heterocycles. The number of H-pyrrole nitrogens is 1. The van der Waals surface area contributed by atoms with E-state index in [2.05, 4.69) is 44.6 Å². The van der Waals surface area contributed by atoms with Crippen molar-refractivity contribution in [2.45, 2.75) is 52.6 Å². The van der Waals surface area contributed by atoms with Gasteiger partial charge in [0.2, 0.25) is 0 Å². The first kappa shape index (κ1) is 22.6. The maximum absolute atomic E-state index is 12.8. The highest BCUT2D eigenvalue weighted by molar-refractivity contribution is 5.94. The van der Waals surface area contributed by atoms with Gasteiger partial charge in [-0.05, 0) is 56.2 Å². The molecule has 0 aromatic carbocycles. The van der Waals surface area contributed by atoms with E-state index in [1.807, 2.05) is 13.8 Å². The Hall–Kier alpha value is -3.20. The first-order valence-corrected chi connectivity index (χ1v) is 12.2. The summed E-state index contributed by atoms with van der Waals surface area (Å²) in [6.07, 6.45) is 6.35. The Kier molecular flexibility index (Phi) is 6.36. The molecule has 9 nitrogen and oxygen atoms in total. The van der Waals surface area contributed by atoms with Crippen LogP contribution in [0.15, 0.2) is 24.5 Å². The molecule has 1 aliphatic carbocycles. The second-order valence-corrected chi connectivity index (χ2v) is 9.41. The number of aryl methyl sites for hydroxylation is 2. The van der Waals surface area contributed by atoms with Crippen molar-refractivity contribution in [3.8, 4) is 0 Å². The topological polar surface area (TPSA) is 101 Å². The average molecular weight is 464 g/mol. The van der Waals surface area contributed by atoms with E-state index in [0.29, 0.717) is 18.0 Å². The maximum atomic E-state index is 12.8. The molecule has 2 atom stereocenters. The predicted octanol–water partition coefficient (Wildman–Crippen LogP) is 2.95. The molecular formula is C25H33N7O2. The number of carbonyl (C=O) groups is 1. The van der Waals surface area contributed by atoms with Crippen molar-refractivity contribution in [2.24, 2.45) is 5.92 Å². The van der Waals surface area contributed by atoms with Crippen LogP contribution >= 0.6 is 0 Å². The van der Waals surface area contributed by atoms with Gasteiger partial charge in [-0.25, -0.2) is 4.98 Å². The van der Waals surface area contributed by atoms with Crippen LogP contribution in [0.2, 0.25) is 0 Å². The number of rotatable bonds is 6. The summed E-state index contributed by atoms with van der Waals surface area (Å²) in [7, 11) is 0. The largest absolute Gasteiger partial charge is 0.379 e. The van der Waals surface area contributed by atoms with Crippen LogP contribution in [0.3, 0.4) is 0 Å². The van der Waals surface area contributed by atoms with E-state index in [4.69, 9.17) is 9.72 Å². The highest BCUT2D eigenvalue weighted by Gasteiger charge is 2.28. The molecule has 4 heterocycles. The second kappa shape index (κ2) is 9.58. The van der Waals surface area contributed by atoms with E-state index in [1.54, 1.807) is 17.1 Å². The number of nitrogens with zero attached hydrogens (tertiary/aromatic N) is 5. The molecule has 3 aromatic rings. The molecule has 9 heteroatoms. The van der Waals surface area contributed by atoms with Gasteiger partial charge in [-0.15, -0.1) is 0 Å². The molecule has 0 spiro atoms. The van der Waals surface area contributed by atoms with Crippen LogP contribution in [-0.4, -0.2) is 57.2 Å². The van der Waals surface area contributed by atoms with Crippen molar-refractivity contribution in [1.29, 1.82) is 0 Å². The van der Waals surface area contributed by atoms with Crippen LogP contribution in [0.4, 0.5) is 5.82 Å². The van der Waals surface area contributed by atoms with Gasteiger partial charge in [0, 0.05) is 30.7 Å². The zero-order chi connectivity index (χ0) is 23.7. The van der Waals surface area contributed by atoms with Crippen molar-refractivity contribution in [3.05, 3.63) is 58.3 Å². The van der Waals surface area contributed by atoms with Crippen LogP contribution in [0.25, 0.3) is 0 Å². The molecule has 0 saturated carbocycles. The van der Waals surface area contributed by atoms with Gasteiger partial charge in [0.15, 0.2) is 0 Å². The van der Waals surface area contributed by atoms with E-state index < -0.39 is 0 Å². The molecule has 180 valence electrons. The number of aromatic nitrogens is 5. The lowest BCUT2D eigenvalue weighted by molar-refractivity contribution is 0.0935. The Balaban J connectivity index is 1.23. The number of hydrogen-bond acceptors (Lipinski definition) is 6. The summed E-state index contributed by atoms with van der Waals surface area (Å²) >= 11 is 0. The van der Waals surface area contributed by atoms with Crippen LogP contribution in [0.5, 0.6) is 0 Å². The quantitative estimate of drug-likeness (QED) is 0.583. The summed E-state index contributed by atoms with van der Waals surface area (Å²) < 4.78 is 7.54. The smallest absolute Gasteiger partial charge is 0.255 e. The molecule has 1 saturated heterocycles. The predicted molar refractivity (Wildman–Crippen MR) is 129 cm³/mol. The summed E-state index contributed by atoms with van der Waals surface area (Å²) in [6, 6.07) is 4.15. The molecule has 0 radical (unpaired) electrons. The molecule has 2 aliphatic rings. The van der Waals surface area contributed by atoms with E-state index in [9.17, 15) is 4.79 Å². The number of pyridine rings is 1. The molecule has 34 heavy (non-hydrogen) atoms. The van der Waals surface area contributed by atoms with Crippen molar-refractivity contribution in [3.63, 3.8) is 0 Å². The van der Waals surface area contributed by atoms with Gasteiger partial charge in [0.05, 0.1) is 43.3 Å². The van der Waals surface area contributed by atoms with Gasteiger partial charge in [-0.1, -0.05) is 13.0 Å². The summed E-state index contributed by atoms with van der Waals surface area (Å²) in [6.45, 7) is 10.2. The zero-order valence-electron chi connectivity index (χ0n) is 20.2. The van der Waals surface area contributed by atoms with Gasteiger partial charge in [0.1, 0.15) is 5.82 Å². The minimum atomic E-state index is -0.121. The average Bonchev–Trinajstić information content (AvgIpc) is 3.50. The number of fused-ring (bicyclic) bond motifs is 1. The number of hydrogen-bond donors (Lipinski definition) is 2. The first-order valence-electron chi connectivity index (χ1n) is 12.2. The molecule has 1 unspecified atom stereocenters. The van der Waals surface area contributed by atoms with Crippen LogP contribution in [0, 0.1) is 19.8 Å². The molecule has 1 fully saturated rings. The van der Waals surface area contributed by atoms with Gasteiger partial charge >= 0.3 is 0 Å². The van der Waals surface area contributed by atoms with Crippen LogP contribution in [-0.2, 0) is 17.7 Å². The summed E-state index contributed by atoms with van der Waals surface area (Å²) in [4.78, 5) is 20.0. The van der Waals surface area contributed by atoms with Gasteiger partial charge in [-0.2, -0.15) is 10.2 Å². The van der Waals surface area contributed by atoms with Crippen molar-refractivity contribution < 1.29 is 9.53 Å². The van der Waals surface area contributed by atoms with Gasteiger partial charge in [-0.3, -0.25) is 14.6 Å². The SMILES string of the molecule is CCC1COCCN(c2ccc(Cn3cc(C(=O)N[C@@H]4CCc5c4n[nH]c5C)cn3)c(C)n2)C1. The molecule has 1 amide bonds. The fraction of sp³-hybridized carbons (Fsp3) is 0.520. The fourth-order valence-corrected chi connectivity index (χ4v) is 4.88. The lowest BCUT2D eigenvalue weighted by Crippen LogP contribution is -2.30. The normalized spacial score (nSPS) is 20.3. The lowest BCUT2D eigenvalue weighted by Gasteiger charge is -2.24. The number of carbonyl (C=O) groups excluding carboxylic acids is 1. The van der Waals surface area contributed by atoms with E-state index in [-0.39, 0.29) is 11.9 Å². The minimum absolute atomic E-state index is 0.0496. The molecule has 0 bridgehead atoms. The molecule has 2 N–H and O–H groups in total. The monoisotopic (exact) mass is 463 g/mol. The molecule has 1 aliphatic heterocycles.